The van der Waals surface area contributed by atoms with Crippen LogP contribution in [0.15, 0.2) is 48.7 Å². The molecule has 0 atom stereocenters. The third-order valence-electron chi connectivity index (χ3n) is 5.91. The molecule has 0 amide bonds. The van der Waals surface area contributed by atoms with Gasteiger partial charge in [0.1, 0.15) is 0 Å². The Hall–Kier alpha value is -2.38. The minimum absolute atomic E-state index is 0.00119. The molecule has 2 aromatic rings. The molecule has 30 heavy (non-hydrogen) atoms. The summed E-state index contributed by atoms with van der Waals surface area (Å²) in [6.45, 7) is 3.48. The molecule has 5 rings (SSSR count). The molecule has 0 unspecified atom stereocenters. The average Bonchev–Trinajstić information content (AvgIpc) is 2.74. The fourth-order valence-electron chi connectivity index (χ4n) is 4.31. The van der Waals surface area contributed by atoms with E-state index in [9.17, 15) is 17.6 Å². The summed E-state index contributed by atoms with van der Waals surface area (Å²) < 4.78 is 69.2. The quantitative estimate of drug-likeness (QED) is 0.391. The van der Waals surface area contributed by atoms with Gasteiger partial charge in [-0.15, -0.1) is 0 Å². The number of fused-ring (bicyclic) bond motifs is 3. The van der Waals surface area contributed by atoms with E-state index in [4.69, 9.17) is 9.47 Å². The Kier molecular flexibility index (Phi) is 5.59. The molecule has 0 spiro atoms. The van der Waals surface area contributed by atoms with Gasteiger partial charge < -0.3 is 14.2 Å². The predicted octanol–water partition coefficient (Wildman–Crippen LogP) is 6.53. The molecule has 3 heterocycles. The lowest BCUT2D eigenvalue weighted by atomic mass is 9.74. The van der Waals surface area contributed by atoms with Crippen LogP contribution in [0.2, 0.25) is 0 Å². The highest BCUT2D eigenvalue weighted by Gasteiger charge is 2.51. The second kappa shape index (κ2) is 8.04. The highest BCUT2D eigenvalue weighted by atomic mass is 19.3. The topological polar surface area (TPSA) is 27.7 Å². The lowest BCUT2D eigenvalue weighted by molar-refractivity contribution is -0.351. The molecule has 3 saturated heterocycles. The third kappa shape index (κ3) is 3.84. The van der Waals surface area contributed by atoms with Gasteiger partial charge in [0.25, 0.3) is 0 Å². The maximum atomic E-state index is 14.2. The van der Waals surface area contributed by atoms with Crippen LogP contribution in [0.1, 0.15) is 38.2 Å². The molecule has 2 aromatic carbocycles. The minimum Gasteiger partial charge on any atom is -0.453 e. The minimum atomic E-state index is -2.19. The second-order valence-corrected chi connectivity index (χ2v) is 7.95. The monoisotopic (exact) mass is 422 g/mol. The van der Waals surface area contributed by atoms with Crippen LogP contribution in [0.4, 0.5) is 17.6 Å². The summed E-state index contributed by atoms with van der Waals surface area (Å²) in [4.78, 5) is 0. The van der Waals surface area contributed by atoms with Crippen molar-refractivity contribution in [3.63, 3.8) is 0 Å². The van der Waals surface area contributed by atoms with Gasteiger partial charge in [-0.25, -0.2) is 8.78 Å². The molecular formula is C23H22F4O3. The first-order valence-electron chi connectivity index (χ1n) is 9.92. The molecule has 0 saturated carbocycles. The van der Waals surface area contributed by atoms with Crippen molar-refractivity contribution in [1.82, 2.24) is 0 Å². The Morgan fingerprint density at radius 1 is 1.00 bits per heavy atom. The van der Waals surface area contributed by atoms with E-state index in [-0.39, 0.29) is 17.2 Å². The molecule has 0 radical (unpaired) electrons. The molecule has 0 aromatic heterocycles. The van der Waals surface area contributed by atoms with Crippen molar-refractivity contribution in [2.45, 2.75) is 38.4 Å². The zero-order chi connectivity index (χ0) is 21.4. The van der Waals surface area contributed by atoms with E-state index < -0.39 is 29.3 Å². The SMILES string of the molecule is CCCC12CCC(c3ccc(-c4cc(F)c(OC=C(F)F)c(F)c4)cc3)(OC1)OC2. The summed E-state index contributed by atoms with van der Waals surface area (Å²) in [6, 6.07) is 9.21. The zero-order valence-corrected chi connectivity index (χ0v) is 16.5. The fourth-order valence-corrected chi connectivity index (χ4v) is 4.31. The summed E-state index contributed by atoms with van der Waals surface area (Å²) in [6.07, 6.45) is 1.78. The van der Waals surface area contributed by atoms with Crippen LogP contribution in [0, 0.1) is 17.0 Å². The van der Waals surface area contributed by atoms with E-state index in [0.29, 0.717) is 18.8 Å². The number of hydrogen-bond acceptors (Lipinski definition) is 3. The van der Waals surface area contributed by atoms with Gasteiger partial charge in [-0.05, 0) is 36.1 Å². The van der Waals surface area contributed by atoms with Crippen LogP contribution >= 0.6 is 0 Å². The van der Waals surface area contributed by atoms with Crippen LogP contribution < -0.4 is 4.74 Å². The smallest absolute Gasteiger partial charge is 0.305 e. The summed E-state index contributed by atoms with van der Waals surface area (Å²) in [7, 11) is 0. The van der Waals surface area contributed by atoms with Gasteiger partial charge in [-0.2, -0.15) is 8.78 Å². The Morgan fingerprint density at radius 2 is 1.63 bits per heavy atom. The molecule has 3 fully saturated rings. The van der Waals surface area contributed by atoms with Crippen molar-refractivity contribution in [1.29, 1.82) is 0 Å². The van der Waals surface area contributed by atoms with Gasteiger partial charge in [0.05, 0.1) is 13.2 Å². The van der Waals surface area contributed by atoms with E-state index in [1.807, 2.05) is 12.1 Å². The molecular weight excluding hydrogens is 400 g/mol. The highest BCUT2D eigenvalue weighted by molar-refractivity contribution is 5.65. The lowest BCUT2D eigenvalue weighted by Crippen LogP contribution is -2.53. The van der Waals surface area contributed by atoms with Crippen molar-refractivity contribution in [2.75, 3.05) is 13.2 Å². The van der Waals surface area contributed by atoms with Crippen molar-refractivity contribution >= 4 is 0 Å². The fraction of sp³-hybridized carbons (Fsp3) is 0.391. The van der Waals surface area contributed by atoms with E-state index in [0.717, 1.165) is 43.4 Å². The number of halogens is 4. The Bertz CT molecular complexity index is 904. The number of ether oxygens (including phenoxy) is 3. The molecule has 0 N–H and O–H groups in total. The molecule has 160 valence electrons. The average molecular weight is 422 g/mol. The maximum Gasteiger partial charge on any atom is 0.305 e. The van der Waals surface area contributed by atoms with Crippen molar-refractivity contribution in [2.24, 2.45) is 5.41 Å². The van der Waals surface area contributed by atoms with Gasteiger partial charge in [0.15, 0.2) is 29.4 Å². The van der Waals surface area contributed by atoms with E-state index >= 15 is 0 Å². The summed E-state index contributed by atoms with van der Waals surface area (Å²) >= 11 is 0. The standard InChI is InChI=1S/C23H22F4O3/c1-2-7-22-8-9-23(29-13-22,30-14-22)17-5-3-15(4-6-17)16-10-18(24)21(19(25)11-16)28-12-20(26)27/h3-6,10-12H,2,7-9,13-14H2,1H3. The lowest BCUT2D eigenvalue weighted by Gasteiger charge is -2.53. The van der Waals surface area contributed by atoms with E-state index in [2.05, 4.69) is 11.7 Å². The van der Waals surface area contributed by atoms with Crippen molar-refractivity contribution in [3.05, 3.63) is 65.9 Å². The summed E-state index contributed by atoms with van der Waals surface area (Å²) in [5.41, 5.74) is 1.80. The first kappa shape index (κ1) is 20.9. The summed E-state index contributed by atoms with van der Waals surface area (Å²) in [5, 5.41) is 0. The van der Waals surface area contributed by atoms with Gasteiger partial charge >= 0.3 is 6.08 Å². The maximum absolute atomic E-state index is 14.2. The molecule has 3 aliphatic rings. The second-order valence-electron chi connectivity index (χ2n) is 7.95. The van der Waals surface area contributed by atoms with Crippen LogP contribution in [-0.4, -0.2) is 13.2 Å². The van der Waals surface area contributed by atoms with Crippen molar-refractivity contribution < 1.29 is 31.8 Å². The largest absolute Gasteiger partial charge is 0.453 e. The van der Waals surface area contributed by atoms with Crippen molar-refractivity contribution in [3.8, 4) is 16.9 Å². The highest BCUT2D eigenvalue weighted by Crippen LogP contribution is 2.51. The Labute approximate surface area is 172 Å². The Balaban J connectivity index is 1.54. The number of benzene rings is 2. The molecule has 0 aliphatic carbocycles. The molecule has 3 nitrogen and oxygen atoms in total. The van der Waals surface area contributed by atoms with Crippen LogP contribution in [0.5, 0.6) is 5.75 Å². The van der Waals surface area contributed by atoms with E-state index in [1.54, 1.807) is 12.1 Å². The van der Waals surface area contributed by atoms with Crippen LogP contribution in [0.3, 0.4) is 0 Å². The van der Waals surface area contributed by atoms with Gasteiger partial charge in [-0.1, -0.05) is 37.6 Å². The first-order chi connectivity index (χ1) is 14.4. The summed E-state index contributed by atoms with van der Waals surface area (Å²) in [5.74, 6) is -3.78. The third-order valence-corrected chi connectivity index (χ3v) is 5.91. The van der Waals surface area contributed by atoms with E-state index in [1.165, 1.54) is 0 Å². The molecule has 2 bridgehead atoms. The Morgan fingerprint density at radius 3 is 2.13 bits per heavy atom. The van der Waals surface area contributed by atoms with Crippen LogP contribution in [0.25, 0.3) is 11.1 Å². The molecule has 7 heteroatoms. The number of rotatable bonds is 6. The molecule has 3 aliphatic heterocycles. The predicted molar refractivity (Wildman–Crippen MR) is 103 cm³/mol. The van der Waals surface area contributed by atoms with Gasteiger partial charge in [-0.3, -0.25) is 0 Å². The normalized spacial score (nSPS) is 25.2. The number of hydrogen-bond donors (Lipinski definition) is 0. The van der Waals surface area contributed by atoms with Crippen LogP contribution in [-0.2, 0) is 15.3 Å². The first-order valence-corrected chi connectivity index (χ1v) is 9.92. The van der Waals surface area contributed by atoms with Gasteiger partial charge in [0.2, 0.25) is 0 Å². The van der Waals surface area contributed by atoms with Gasteiger partial charge in [0, 0.05) is 17.4 Å². The zero-order valence-electron chi connectivity index (χ0n) is 16.5.